The molecule has 3 rings (SSSR count). The number of nitrogens with one attached hydrogen (secondary N) is 2. The van der Waals surface area contributed by atoms with Crippen molar-refractivity contribution in [1.82, 2.24) is 10.0 Å². The van der Waals surface area contributed by atoms with E-state index >= 15 is 0 Å². The molecular formula is C25H40N2O5S. The summed E-state index contributed by atoms with van der Waals surface area (Å²) in [6.07, 6.45) is 2.65. The average Bonchev–Trinajstić information content (AvgIpc) is 2.76. The lowest BCUT2D eigenvalue weighted by Gasteiger charge is -2.56. The van der Waals surface area contributed by atoms with Crippen molar-refractivity contribution in [1.29, 1.82) is 0 Å². The smallest absolute Gasteiger partial charge is 0.240 e. The molecule has 7 nitrogen and oxygen atoms in total. The third-order valence-corrected chi connectivity index (χ3v) is 9.69. The Balaban J connectivity index is 1.74. The van der Waals surface area contributed by atoms with Gasteiger partial charge in [0.1, 0.15) is 0 Å². The Morgan fingerprint density at radius 2 is 1.88 bits per heavy atom. The lowest BCUT2D eigenvalue weighted by atomic mass is 9.52. The molecule has 0 saturated heterocycles. The number of methoxy groups -OCH3 is 1. The van der Waals surface area contributed by atoms with Gasteiger partial charge in [-0.15, -0.1) is 0 Å². The standard InChI is InChI=1S/C25H40N2O5S/c1-16-6-8-19(9-7-16)33(30,31)27-21-11-13-25(4)12-10-20(23(28)22(25)18(21)3)17(2)24(29)26-14-15-32-5/h6-9,17-18,20-23,27-28H,10-15H2,1-5H3,(H,26,29). The summed E-state index contributed by atoms with van der Waals surface area (Å²) in [5.74, 6) is -0.672. The Morgan fingerprint density at radius 3 is 2.52 bits per heavy atom. The fraction of sp³-hybridized carbons (Fsp3) is 0.720. The van der Waals surface area contributed by atoms with Crippen LogP contribution in [0, 0.1) is 36.0 Å². The minimum absolute atomic E-state index is 0.0504. The Kier molecular flexibility index (Phi) is 8.25. The highest BCUT2D eigenvalue weighted by Gasteiger charge is 2.54. The largest absolute Gasteiger partial charge is 0.392 e. The second-order valence-electron chi connectivity index (χ2n) is 10.4. The third-order valence-electron chi connectivity index (χ3n) is 8.19. The zero-order valence-corrected chi connectivity index (χ0v) is 21.3. The van der Waals surface area contributed by atoms with Crippen LogP contribution in [0.3, 0.4) is 0 Å². The van der Waals surface area contributed by atoms with E-state index in [1.54, 1.807) is 31.4 Å². The van der Waals surface area contributed by atoms with E-state index in [4.69, 9.17) is 4.74 Å². The molecule has 0 heterocycles. The van der Waals surface area contributed by atoms with Gasteiger partial charge >= 0.3 is 0 Å². The molecule has 33 heavy (non-hydrogen) atoms. The van der Waals surface area contributed by atoms with E-state index < -0.39 is 16.1 Å². The molecule has 2 saturated carbocycles. The van der Waals surface area contributed by atoms with Gasteiger partial charge in [-0.2, -0.15) is 0 Å². The van der Waals surface area contributed by atoms with Crippen LogP contribution in [-0.4, -0.2) is 51.8 Å². The molecular weight excluding hydrogens is 440 g/mol. The normalized spacial score (nSPS) is 33.2. The number of aliphatic hydroxyl groups excluding tert-OH is 1. The van der Waals surface area contributed by atoms with E-state index in [1.807, 2.05) is 20.8 Å². The Hall–Kier alpha value is -1.48. The van der Waals surface area contributed by atoms with Crippen molar-refractivity contribution in [3.63, 3.8) is 0 Å². The molecule has 0 radical (unpaired) electrons. The number of ether oxygens (including phenoxy) is 1. The molecule has 0 bridgehead atoms. The van der Waals surface area contributed by atoms with Crippen LogP contribution in [0.25, 0.3) is 0 Å². The molecule has 3 N–H and O–H groups in total. The van der Waals surface area contributed by atoms with Gasteiger partial charge in [-0.05, 0) is 67.9 Å². The van der Waals surface area contributed by atoms with Gasteiger partial charge < -0.3 is 15.2 Å². The number of aliphatic hydroxyl groups is 1. The minimum atomic E-state index is -3.65. The van der Waals surface area contributed by atoms with E-state index in [9.17, 15) is 18.3 Å². The SMILES string of the molecule is COCCNC(=O)C(C)C1CCC2(C)CCC(NS(=O)(=O)c3ccc(C)cc3)C(C)C2C1O. The summed E-state index contributed by atoms with van der Waals surface area (Å²) in [6.45, 7) is 8.95. The zero-order valence-electron chi connectivity index (χ0n) is 20.5. The first-order valence-electron chi connectivity index (χ1n) is 12.0. The third kappa shape index (κ3) is 5.61. The number of sulfonamides is 1. The fourth-order valence-electron chi connectivity index (χ4n) is 6.08. The second-order valence-corrected chi connectivity index (χ2v) is 12.1. The van der Waals surface area contributed by atoms with Gasteiger partial charge in [-0.1, -0.05) is 38.5 Å². The van der Waals surface area contributed by atoms with Gasteiger partial charge in [0, 0.05) is 25.6 Å². The average molecular weight is 481 g/mol. The van der Waals surface area contributed by atoms with Gasteiger partial charge in [0.2, 0.25) is 15.9 Å². The topological polar surface area (TPSA) is 105 Å². The van der Waals surface area contributed by atoms with Crippen LogP contribution in [0.5, 0.6) is 0 Å². The highest BCUT2D eigenvalue weighted by Crippen LogP contribution is 2.55. The lowest BCUT2D eigenvalue weighted by Crippen LogP contribution is -2.58. The maximum atomic E-state index is 13.0. The van der Waals surface area contributed by atoms with Gasteiger partial charge in [-0.25, -0.2) is 13.1 Å². The summed E-state index contributed by atoms with van der Waals surface area (Å²) < 4.78 is 34.0. The van der Waals surface area contributed by atoms with Gasteiger partial charge in [0.25, 0.3) is 0 Å². The summed E-state index contributed by atoms with van der Waals surface area (Å²) in [5.41, 5.74) is 0.945. The van der Waals surface area contributed by atoms with Crippen molar-refractivity contribution in [2.24, 2.45) is 29.1 Å². The zero-order chi connectivity index (χ0) is 24.4. The number of carbonyl (C=O) groups is 1. The summed E-state index contributed by atoms with van der Waals surface area (Å²) in [5, 5.41) is 14.4. The first kappa shape index (κ1) is 26.1. The monoisotopic (exact) mass is 480 g/mol. The van der Waals surface area contributed by atoms with Crippen molar-refractivity contribution < 1.29 is 23.1 Å². The summed E-state index contributed by atoms with van der Waals surface area (Å²) in [4.78, 5) is 12.9. The van der Waals surface area contributed by atoms with Crippen LogP contribution >= 0.6 is 0 Å². The quantitative estimate of drug-likeness (QED) is 0.496. The first-order chi connectivity index (χ1) is 15.5. The van der Waals surface area contributed by atoms with Crippen LogP contribution < -0.4 is 10.0 Å². The van der Waals surface area contributed by atoms with Gasteiger partial charge in [-0.3, -0.25) is 4.79 Å². The fourth-order valence-corrected chi connectivity index (χ4v) is 7.44. The van der Waals surface area contributed by atoms with Crippen LogP contribution in [0.4, 0.5) is 0 Å². The Morgan fingerprint density at radius 1 is 1.24 bits per heavy atom. The van der Waals surface area contributed by atoms with Gasteiger partial charge in [0.05, 0.1) is 17.6 Å². The number of fused-ring (bicyclic) bond motifs is 1. The van der Waals surface area contributed by atoms with Crippen molar-refractivity contribution in [2.45, 2.75) is 70.4 Å². The summed E-state index contributed by atoms with van der Waals surface area (Å²) in [7, 11) is -2.06. The summed E-state index contributed by atoms with van der Waals surface area (Å²) in [6, 6.07) is 6.60. The Bertz CT molecular complexity index is 919. The van der Waals surface area contributed by atoms with E-state index in [0.717, 1.165) is 31.2 Å². The number of hydrogen-bond donors (Lipinski definition) is 3. The lowest BCUT2D eigenvalue weighted by molar-refractivity contribution is -0.141. The molecule has 1 amide bonds. The molecule has 8 heteroatoms. The predicted molar refractivity (Wildman–Crippen MR) is 128 cm³/mol. The second kappa shape index (κ2) is 10.4. The molecule has 2 fully saturated rings. The van der Waals surface area contributed by atoms with E-state index in [1.165, 1.54) is 0 Å². The van der Waals surface area contributed by atoms with E-state index in [2.05, 4.69) is 17.0 Å². The van der Waals surface area contributed by atoms with Crippen LogP contribution in [0.1, 0.15) is 52.0 Å². The highest BCUT2D eigenvalue weighted by molar-refractivity contribution is 7.89. The number of amides is 1. The van der Waals surface area contributed by atoms with Crippen LogP contribution in [0.15, 0.2) is 29.2 Å². The Labute approximate surface area is 198 Å². The molecule has 2 aliphatic carbocycles. The van der Waals surface area contributed by atoms with Crippen LogP contribution in [-0.2, 0) is 19.6 Å². The molecule has 1 aromatic carbocycles. The summed E-state index contributed by atoms with van der Waals surface area (Å²) >= 11 is 0. The van der Waals surface area contributed by atoms with E-state index in [-0.39, 0.29) is 45.9 Å². The van der Waals surface area contributed by atoms with Gasteiger partial charge in [0.15, 0.2) is 0 Å². The molecule has 186 valence electrons. The molecule has 7 atom stereocenters. The molecule has 0 aromatic heterocycles. The molecule has 0 aliphatic heterocycles. The maximum Gasteiger partial charge on any atom is 0.240 e. The van der Waals surface area contributed by atoms with Crippen molar-refractivity contribution in [3.05, 3.63) is 29.8 Å². The number of rotatable bonds is 8. The molecule has 1 aromatic rings. The van der Waals surface area contributed by atoms with Crippen molar-refractivity contribution in [3.8, 4) is 0 Å². The number of benzene rings is 1. The van der Waals surface area contributed by atoms with Crippen molar-refractivity contribution in [2.75, 3.05) is 20.3 Å². The number of hydrogen-bond acceptors (Lipinski definition) is 5. The molecule has 0 spiro atoms. The predicted octanol–water partition coefficient (Wildman–Crippen LogP) is 2.86. The maximum absolute atomic E-state index is 13.0. The first-order valence-corrected chi connectivity index (χ1v) is 13.5. The minimum Gasteiger partial charge on any atom is -0.392 e. The van der Waals surface area contributed by atoms with Crippen molar-refractivity contribution >= 4 is 15.9 Å². The number of carbonyl (C=O) groups excluding carboxylic acids is 1. The van der Waals surface area contributed by atoms with Crippen LogP contribution in [0.2, 0.25) is 0 Å². The van der Waals surface area contributed by atoms with E-state index in [0.29, 0.717) is 13.2 Å². The molecule has 7 unspecified atom stereocenters. The highest BCUT2D eigenvalue weighted by atomic mass is 32.2. The molecule has 2 aliphatic rings. The number of aryl methyl sites for hydroxylation is 1.